The second-order valence-electron chi connectivity index (χ2n) is 41.4. The van der Waals surface area contributed by atoms with Gasteiger partial charge >= 0.3 is 82.5 Å². The van der Waals surface area contributed by atoms with Crippen molar-refractivity contribution in [2.24, 2.45) is 59.2 Å². The molecule has 10 atom stereocenters. The average Bonchev–Trinajstić information content (AvgIpc) is 1.67. The van der Waals surface area contributed by atoms with Crippen LogP contribution in [-0.4, -0.2) is 185 Å². The maximum atomic E-state index is 14.3. The van der Waals surface area contributed by atoms with E-state index in [0.717, 1.165) is 120 Å². The third-order valence-corrected chi connectivity index (χ3v) is 27.5. The van der Waals surface area contributed by atoms with E-state index in [1.165, 1.54) is 0 Å². The molecule has 2 aliphatic heterocycles. The molecule has 2 saturated heterocycles. The van der Waals surface area contributed by atoms with Gasteiger partial charge in [0.05, 0.1) is 65.6 Å². The number of hydrogen-bond donors (Lipinski definition) is 6. The van der Waals surface area contributed by atoms with Crippen molar-refractivity contribution in [2.75, 3.05) is 74.4 Å². The number of fused-ring (bicyclic) bond motifs is 3. The first kappa shape index (κ1) is 128. The van der Waals surface area contributed by atoms with Gasteiger partial charge in [0.2, 0.25) is 35.4 Å². The molecule has 3 aliphatic rings. The molecule has 6 N–H and O–H groups in total. The molecule has 0 saturated carbocycles. The van der Waals surface area contributed by atoms with Crippen LogP contribution >= 0.6 is 71.5 Å². The molecule has 148 heavy (non-hydrogen) atoms. The average molecular weight is 2440 g/mol. The summed E-state index contributed by atoms with van der Waals surface area (Å²) in [6.07, 6.45) is 16.7. The van der Waals surface area contributed by atoms with Gasteiger partial charge in [-0.15, -0.1) is 0 Å². The molecule has 2 fully saturated rings. The number of carbonyl (C=O) groups excluding carboxylic acids is 11. The number of carbonyl (C=O) groups is 11. The molecule has 9 rings (SSSR count). The SMILES string of the molecule is CC(C)C[C@H](C)/C=C/[C@H](Cc1ccccc1)C(=O)N1CCC[C@H]1C(=O)N[C@H](C(=O)C[C@@H](CCCNC(=O)OCC1c2ccccc2-c2ccccc21)C(=O)NC(C)C)C(C)C.COc1c(C)c(C)c(OC)c(CCCOC(=O)Cl)c1C.COc1c(C)c(C)c(OC)c(CCCOC(=O)NCCC[C@H](CC(=O)[C@@H](NC(=O)[C@@H]2CCCN2C(=O)[C@H](/C=C/[C@@H](C)CC(C)C)Cc2ccccc2)C(C)C)C(=O)NC(C)C)c1C.[I][V]([I])[I]. The topological polar surface area (TPSA) is 331 Å². The number of allylic oxidation sites excluding steroid dienone is 2. The maximum absolute atomic E-state index is 14.3. The molecule has 0 aromatic heterocycles. The quantitative estimate of drug-likeness (QED) is 0.00679. The molecule has 0 unspecified atom stereocenters. The number of hydrogen-bond acceptors (Lipinski definition) is 18. The zero-order chi connectivity index (χ0) is 110. The zero-order valence-corrected chi connectivity index (χ0v) is 101. The molecule has 6 aromatic rings. The number of Topliss-reactive ketones (excluding diaryl/α,β-unsaturated/α-hetero) is 2. The standard InChI is InChI=1S/C51H78N4O8.C51H68N4O6.C15H21ClO4.3HI.V/c1-32(2)29-35(7)24-25-41(30-39-19-14-13-15-20-39)50(59)55-27-17-23-43(55)49(58)54-45(33(3)4)44(56)31-40(48(57)53-34(5)6)21-16-26-52-51(60)63-28-18-22-42-38(10)46(61-11)36(8)37(9)47(42)62-12;1-33(2)29-36(7)25-26-39(30-37-17-9-8-10-18-37)50(59)55-28-16-24-45(55)49(58)54-47(34(3)4)46(56)31-38(48(57)53-35(5)6)19-15-27-52-51(60)61-32-44-42-22-13-11-20-40(42)41-21-12-14-23-43(41)44;1-9-10(2)14(19-5)12(11(3)13(9)18-4)7-6-8-20-15(16)17;;;;/h13-15,19-20,24-25,32-35,40-41,43,45H,16-18,21-23,26-31H2,1-12H3,(H,52,60)(H,53,57)(H,54,58);8-14,17-18,20-23,25-26,33-36,38-39,44-45,47H,15-16,19,24,27-32H2,1-7H3,(H,52,60)(H,53,57)(H,54,58);6-8H2,1-5H3;3*1H;/q;;;;;;+3/p-3/b25-24+;26-25+;;;;;/t35-,40-,41-,43+,45+;36-,38-,39-,45+,47+;;;;;/m11...../s1. The van der Waals surface area contributed by atoms with E-state index >= 15 is 0 Å². The van der Waals surface area contributed by atoms with Crippen molar-refractivity contribution in [3.63, 3.8) is 0 Å². The van der Waals surface area contributed by atoms with Gasteiger partial charge in [-0.2, -0.15) is 0 Å². The van der Waals surface area contributed by atoms with Gasteiger partial charge in [-0.1, -0.05) is 203 Å². The van der Waals surface area contributed by atoms with Crippen LogP contribution in [0.5, 0.6) is 23.0 Å². The molecule has 8 amide bonds. The van der Waals surface area contributed by atoms with Gasteiger partial charge in [-0.05, 0) is 274 Å². The van der Waals surface area contributed by atoms with Crippen molar-refractivity contribution in [2.45, 2.75) is 296 Å². The molecule has 2 heterocycles. The fourth-order valence-electron chi connectivity index (χ4n) is 20.1. The Hall–Kier alpha value is -8.77. The summed E-state index contributed by atoms with van der Waals surface area (Å²) < 4.78 is 38.3. The van der Waals surface area contributed by atoms with Crippen LogP contribution in [0, 0.1) is 101 Å². The van der Waals surface area contributed by atoms with Gasteiger partial charge in [-0.25, -0.2) is 14.4 Å². The predicted octanol–water partition coefficient (Wildman–Crippen LogP) is 23.6. The monoisotopic (exact) mass is 2440 g/mol. The van der Waals surface area contributed by atoms with Crippen LogP contribution in [0.4, 0.5) is 14.4 Å². The molecule has 816 valence electrons. The normalized spacial score (nSPS) is 15.4. The van der Waals surface area contributed by atoms with E-state index in [2.05, 4.69) is 170 Å². The second kappa shape index (κ2) is 66.2. The first-order chi connectivity index (χ1) is 70.3. The van der Waals surface area contributed by atoms with Gasteiger partial charge in [0.1, 0.15) is 41.7 Å². The number of alkyl carbamates (subject to hydrolysis) is 2. The molecular weight excluding hydrogens is 2270 g/mol. The number of halogens is 4. The fourth-order valence-corrected chi connectivity index (χ4v) is 20.2. The van der Waals surface area contributed by atoms with E-state index in [9.17, 15) is 52.7 Å². The van der Waals surface area contributed by atoms with E-state index in [1.807, 2.05) is 194 Å². The first-order valence-corrected chi connectivity index (χ1v) is 66.5. The minimum atomic E-state index is -0.844. The van der Waals surface area contributed by atoms with Crippen molar-refractivity contribution in [3.8, 4) is 34.1 Å². The Morgan fingerprint density at radius 3 is 1.12 bits per heavy atom. The number of rotatable bonds is 52. The summed E-state index contributed by atoms with van der Waals surface area (Å²) in [7, 11) is 6.64. The first-order valence-electron chi connectivity index (χ1n) is 52.6. The number of ketones is 2. The van der Waals surface area contributed by atoms with E-state index in [4.69, 9.17) is 44.8 Å². The summed E-state index contributed by atoms with van der Waals surface area (Å²) in [5, 5.41) is 17.5. The summed E-state index contributed by atoms with van der Waals surface area (Å²) in [5.74, 6) is 0.491. The molecule has 0 radical (unpaired) electrons. The number of nitrogens with one attached hydrogen (secondary N) is 6. The van der Waals surface area contributed by atoms with Crippen molar-refractivity contribution in [1.29, 1.82) is 0 Å². The van der Waals surface area contributed by atoms with Gasteiger partial charge < -0.3 is 74.9 Å². The Balaban J connectivity index is 0.000000369. The number of amides is 8. The van der Waals surface area contributed by atoms with Crippen LogP contribution in [0.25, 0.3) is 11.1 Å². The number of ether oxygens (including phenoxy) is 7. The van der Waals surface area contributed by atoms with Gasteiger partial charge in [0, 0.05) is 91.6 Å². The van der Waals surface area contributed by atoms with Crippen molar-refractivity contribution < 1.29 is 90.8 Å². The van der Waals surface area contributed by atoms with Gasteiger partial charge in [0.25, 0.3) is 0 Å². The van der Waals surface area contributed by atoms with Crippen molar-refractivity contribution >= 4 is 136 Å². The molecule has 26 nitrogen and oxygen atoms in total. The summed E-state index contributed by atoms with van der Waals surface area (Å²) in [6, 6.07) is 32.9. The van der Waals surface area contributed by atoms with Gasteiger partial charge in [0.15, 0.2) is 11.6 Å². The van der Waals surface area contributed by atoms with Crippen LogP contribution < -0.4 is 50.8 Å². The second-order valence-corrected chi connectivity index (χ2v) is 77.1. The van der Waals surface area contributed by atoms with Gasteiger partial charge in [-0.3, -0.25) is 38.4 Å². The van der Waals surface area contributed by atoms with Crippen LogP contribution in [0.1, 0.15) is 260 Å². The summed E-state index contributed by atoms with van der Waals surface area (Å²) in [5.41, 5.74) is 14.3. The molecule has 6 aromatic carbocycles. The van der Waals surface area contributed by atoms with Crippen LogP contribution in [0.3, 0.4) is 0 Å². The molecule has 31 heteroatoms. The fraction of sp³-hybridized carbons (Fsp3) is 0.564. The zero-order valence-electron chi connectivity index (χ0n) is 91.9. The Kier molecular flexibility index (Phi) is 57.2. The molecule has 0 spiro atoms. The minimum absolute atomic E-state index is 0.0538. The van der Waals surface area contributed by atoms with E-state index < -0.39 is 65.5 Å². The molecular formula is C117H167ClI3N8O18V. The van der Waals surface area contributed by atoms with E-state index in [-0.39, 0.29) is 121 Å². The Morgan fingerprint density at radius 1 is 0.432 bits per heavy atom. The number of methoxy groups -OCH3 is 4. The molecule has 0 bridgehead atoms. The Morgan fingerprint density at radius 2 is 0.777 bits per heavy atom. The van der Waals surface area contributed by atoms with Crippen LogP contribution in [-0.2, 0) is 83.2 Å². The number of benzene rings is 6. The third-order valence-electron chi connectivity index (χ3n) is 27.4. The molecule has 1 aliphatic carbocycles. The third kappa shape index (κ3) is 41.3. The summed E-state index contributed by atoms with van der Waals surface area (Å²) >= 11 is 12.5. The number of likely N-dealkylation sites (tertiary alicyclic amines) is 2. The Labute approximate surface area is 924 Å². The summed E-state index contributed by atoms with van der Waals surface area (Å²) in [6.45, 7) is 42.2. The van der Waals surface area contributed by atoms with E-state index in [1.54, 1.807) is 38.2 Å². The number of nitrogens with zero attached hydrogens (tertiary/aromatic N) is 2. The Bertz CT molecular complexity index is 5280. The summed E-state index contributed by atoms with van der Waals surface area (Å²) in [4.78, 5) is 151. The van der Waals surface area contributed by atoms with E-state index in [0.29, 0.717) is 127 Å². The van der Waals surface area contributed by atoms with Crippen LogP contribution in [0.15, 0.2) is 133 Å². The van der Waals surface area contributed by atoms with Crippen molar-refractivity contribution in [1.82, 2.24) is 41.7 Å². The van der Waals surface area contributed by atoms with Crippen molar-refractivity contribution in [3.05, 3.63) is 200 Å². The van der Waals surface area contributed by atoms with Crippen LogP contribution in [0.2, 0.25) is 0 Å². The predicted molar refractivity (Wildman–Crippen MR) is 613 cm³/mol.